The van der Waals surface area contributed by atoms with E-state index < -0.39 is 0 Å². The topological polar surface area (TPSA) is 33.2 Å². The Labute approximate surface area is 140 Å². The first-order valence-electron chi connectivity index (χ1n) is 7.80. The largest absolute Gasteiger partial charge is 0.339 e. The number of aromatic nitrogens is 1. The maximum Gasteiger partial charge on any atom is 0.223 e. The molecule has 0 spiro atoms. The standard InChI is InChI=1S/C19H20N2OS/c1-14(15-8-4-3-5-9-15)21(2)19(22)13-12-18-20-16-10-6-7-11-17(16)23-18/h3-11,14H,12-13H2,1-2H3/t14-/m0/s1. The highest BCUT2D eigenvalue weighted by molar-refractivity contribution is 7.18. The van der Waals surface area contributed by atoms with Gasteiger partial charge in [0, 0.05) is 19.9 Å². The Bertz CT molecular complexity index is 764. The van der Waals surface area contributed by atoms with Gasteiger partial charge in [-0.3, -0.25) is 4.79 Å². The van der Waals surface area contributed by atoms with Gasteiger partial charge in [0.15, 0.2) is 0 Å². The van der Waals surface area contributed by atoms with Crippen LogP contribution in [0.15, 0.2) is 54.6 Å². The molecule has 3 rings (SSSR count). The Morgan fingerprint density at radius 1 is 1.13 bits per heavy atom. The van der Waals surface area contributed by atoms with Crippen molar-refractivity contribution in [2.75, 3.05) is 7.05 Å². The smallest absolute Gasteiger partial charge is 0.223 e. The normalized spacial score (nSPS) is 12.3. The van der Waals surface area contributed by atoms with E-state index in [-0.39, 0.29) is 11.9 Å². The van der Waals surface area contributed by atoms with Crippen molar-refractivity contribution in [3.05, 3.63) is 65.2 Å². The zero-order valence-electron chi connectivity index (χ0n) is 13.4. The van der Waals surface area contributed by atoms with Gasteiger partial charge in [-0.15, -0.1) is 11.3 Å². The van der Waals surface area contributed by atoms with Gasteiger partial charge in [0.1, 0.15) is 0 Å². The van der Waals surface area contributed by atoms with Crippen molar-refractivity contribution >= 4 is 27.5 Å². The van der Waals surface area contributed by atoms with Gasteiger partial charge < -0.3 is 4.90 Å². The Balaban J connectivity index is 1.62. The summed E-state index contributed by atoms with van der Waals surface area (Å²) < 4.78 is 1.18. The second kappa shape index (κ2) is 6.92. The van der Waals surface area contributed by atoms with Gasteiger partial charge in [-0.25, -0.2) is 4.98 Å². The summed E-state index contributed by atoms with van der Waals surface area (Å²) in [5.74, 6) is 0.153. The van der Waals surface area contributed by atoms with Gasteiger partial charge in [-0.2, -0.15) is 0 Å². The number of thiazole rings is 1. The number of amides is 1. The third-order valence-electron chi connectivity index (χ3n) is 4.15. The molecule has 0 saturated heterocycles. The number of para-hydroxylation sites is 1. The lowest BCUT2D eigenvalue weighted by atomic mass is 10.1. The summed E-state index contributed by atoms with van der Waals surface area (Å²) in [5.41, 5.74) is 2.18. The first kappa shape index (κ1) is 15.7. The number of rotatable bonds is 5. The lowest BCUT2D eigenvalue weighted by molar-refractivity contribution is -0.131. The fraction of sp³-hybridized carbons (Fsp3) is 0.263. The average molecular weight is 324 g/mol. The molecule has 0 saturated carbocycles. The second-order valence-corrected chi connectivity index (χ2v) is 6.78. The van der Waals surface area contributed by atoms with Gasteiger partial charge in [0.05, 0.1) is 21.3 Å². The van der Waals surface area contributed by atoms with Gasteiger partial charge in [0.25, 0.3) is 0 Å². The first-order valence-corrected chi connectivity index (χ1v) is 8.62. The van der Waals surface area contributed by atoms with E-state index in [0.717, 1.165) is 16.1 Å². The molecule has 3 nitrogen and oxygen atoms in total. The molecule has 2 aromatic carbocycles. The molecule has 0 unspecified atom stereocenters. The number of fused-ring (bicyclic) bond motifs is 1. The van der Waals surface area contributed by atoms with Gasteiger partial charge >= 0.3 is 0 Å². The van der Waals surface area contributed by atoms with Gasteiger partial charge in [-0.05, 0) is 24.6 Å². The van der Waals surface area contributed by atoms with Crippen LogP contribution in [-0.4, -0.2) is 22.8 Å². The highest BCUT2D eigenvalue weighted by atomic mass is 32.1. The van der Waals surface area contributed by atoms with E-state index in [4.69, 9.17) is 0 Å². The van der Waals surface area contributed by atoms with E-state index in [9.17, 15) is 4.79 Å². The molecule has 0 bridgehead atoms. The van der Waals surface area contributed by atoms with E-state index in [0.29, 0.717) is 12.8 Å². The summed E-state index contributed by atoms with van der Waals surface area (Å²) in [5, 5.41) is 1.03. The van der Waals surface area contributed by atoms with Crippen LogP contribution in [0, 0.1) is 0 Å². The van der Waals surface area contributed by atoms with Crippen LogP contribution in [0.4, 0.5) is 0 Å². The summed E-state index contributed by atoms with van der Waals surface area (Å²) in [4.78, 5) is 18.9. The van der Waals surface area contributed by atoms with Crippen molar-refractivity contribution in [3.8, 4) is 0 Å². The number of carbonyl (C=O) groups is 1. The zero-order chi connectivity index (χ0) is 16.2. The number of hydrogen-bond acceptors (Lipinski definition) is 3. The van der Waals surface area contributed by atoms with Crippen molar-refractivity contribution in [2.24, 2.45) is 0 Å². The maximum atomic E-state index is 12.4. The quantitative estimate of drug-likeness (QED) is 0.695. The molecule has 3 aromatic rings. The molecule has 1 aromatic heterocycles. The lowest BCUT2D eigenvalue weighted by Crippen LogP contribution is -2.29. The summed E-state index contributed by atoms with van der Waals surface area (Å²) in [6.45, 7) is 2.06. The molecule has 118 valence electrons. The molecule has 0 aliphatic carbocycles. The first-order chi connectivity index (χ1) is 11.1. The summed E-state index contributed by atoms with van der Waals surface area (Å²) in [6.07, 6.45) is 1.19. The molecule has 0 N–H and O–H groups in total. The number of aryl methyl sites for hydroxylation is 1. The maximum absolute atomic E-state index is 12.4. The highest BCUT2D eigenvalue weighted by Gasteiger charge is 2.17. The fourth-order valence-corrected chi connectivity index (χ4v) is 3.56. The van der Waals surface area contributed by atoms with Crippen LogP contribution in [0.3, 0.4) is 0 Å². The SMILES string of the molecule is C[C@@H](c1ccccc1)N(C)C(=O)CCc1nc2ccccc2s1. The average Bonchev–Trinajstić information content (AvgIpc) is 3.02. The van der Waals surface area contributed by atoms with Crippen molar-refractivity contribution in [1.29, 1.82) is 0 Å². The van der Waals surface area contributed by atoms with Crippen LogP contribution < -0.4 is 0 Å². The van der Waals surface area contributed by atoms with E-state index in [1.807, 2.05) is 48.3 Å². The molecule has 0 radical (unpaired) electrons. The van der Waals surface area contributed by atoms with E-state index >= 15 is 0 Å². The third-order valence-corrected chi connectivity index (χ3v) is 5.24. The minimum absolute atomic E-state index is 0.0825. The molecule has 1 atom stereocenters. The molecule has 1 amide bonds. The molecular formula is C19H20N2OS. The summed E-state index contributed by atoms with van der Waals surface area (Å²) in [6, 6.07) is 18.3. The van der Waals surface area contributed by atoms with E-state index in [2.05, 4.69) is 30.1 Å². The summed E-state index contributed by atoms with van der Waals surface area (Å²) in [7, 11) is 1.87. The predicted octanol–water partition coefficient (Wildman–Crippen LogP) is 4.45. The number of nitrogens with zero attached hydrogens (tertiary/aromatic N) is 2. The Morgan fingerprint density at radius 2 is 1.83 bits per heavy atom. The minimum Gasteiger partial charge on any atom is -0.339 e. The van der Waals surface area contributed by atoms with E-state index in [1.54, 1.807) is 11.3 Å². The molecule has 0 aliphatic rings. The molecule has 4 heteroatoms. The van der Waals surface area contributed by atoms with Crippen molar-refractivity contribution in [2.45, 2.75) is 25.8 Å². The number of hydrogen-bond donors (Lipinski definition) is 0. The molecule has 0 aliphatic heterocycles. The van der Waals surface area contributed by atoms with Crippen LogP contribution in [-0.2, 0) is 11.2 Å². The highest BCUT2D eigenvalue weighted by Crippen LogP contribution is 2.23. The zero-order valence-corrected chi connectivity index (χ0v) is 14.2. The molecule has 23 heavy (non-hydrogen) atoms. The summed E-state index contributed by atoms with van der Waals surface area (Å²) >= 11 is 1.67. The van der Waals surface area contributed by atoms with Crippen molar-refractivity contribution in [3.63, 3.8) is 0 Å². The van der Waals surface area contributed by atoms with Crippen LogP contribution in [0.2, 0.25) is 0 Å². The fourth-order valence-electron chi connectivity index (χ4n) is 2.59. The number of carbonyl (C=O) groups excluding carboxylic acids is 1. The molecule has 0 fully saturated rings. The predicted molar refractivity (Wildman–Crippen MR) is 95.6 cm³/mol. The van der Waals surface area contributed by atoms with Crippen LogP contribution in [0.5, 0.6) is 0 Å². The third kappa shape index (κ3) is 3.59. The minimum atomic E-state index is 0.0825. The Morgan fingerprint density at radius 3 is 2.57 bits per heavy atom. The molecular weight excluding hydrogens is 304 g/mol. The van der Waals surface area contributed by atoms with E-state index in [1.165, 1.54) is 4.70 Å². The van der Waals surface area contributed by atoms with Gasteiger partial charge in [-0.1, -0.05) is 42.5 Å². The monoisotopic (exact) mass is 324 g/mol. The number of benzene rings is 2. The van der Waals surface area contributed by atoms with Gasteiger partial charge in [0.2, 0.25) is 5.91 Å². The van der Waals surface area contributed by atoms with Crippen LogP contribution >= 0.6 is 11.3 Å². The van der Waals surface area contributed by atoms with Crippen LogP contribution in [0.25, 0.3) is 10.2 Å². The van der Waals surface area contributed by atoms with Crippen molar-refractivity contribution in [1.82, 2.24) is 9.88 Å². The Kier molecular flexibility index (Phi) is 4.72. The lowest BCUT2D eigenvalue weighted by Gasteiger charge is -2.25. The second-order valence-electron chi connectivity index (χ2n) is 5.67. The van der Waals surface area contributed by atoms with Crippen LogP contribution in [0.1, 0.15) is 30.0 Å². The molecule has 1 heterocycles. The Hall–Kier alpha value is -2.20. The van der Waals surface area contributed by atoms with Crippen molar-refractivity contribution < 1.29 is 4.79 Å².